The van der Waals surface area contributed by atoms with E-state index in [1.54, 1.807) is 24.3 Å². The molecule has 3 aromatic carbocycles. The molecule has 0 aliphatic heterocycles. The number of benzene rings is 3. The maximum absolute atomic E-state index is 13.8. The zero-order chi connectivity index (χ0) is 22.8. The summed E-state index contributed by atoms with van der Waals surface area (Å²) in [5.74, 6) is -5.84. The predicted molar refractivity (Wildman–Crippen MR) is 115 cm³/mol. The molecule has 0 aliphatic carbocycles. The fourth-order valence-electron chi connectivity index (χ4n) is 2.94. The Labute approximate surface area is 184 Å². The van der Waals surface area contributed by atoms with Crippen LogP contribution in [0.2, 0.25) is 0 Å². The number of amides is 1. The number of rotatable bonds is 5. The normalized spacial score (nSPS) is 10.9. The number of hydrogen-bond acceptors (Lipinski definition) is 5. The van der Waals surface area contributed by atoms with Crippen molar-refractivity contribution in [1.82, 2.24) is 4.98 Å². The molecule has 162 valence electrons. The monoisotopic (exact) mass is 456 g/mol. The fraction of sp³-hybridized carbons (Fsp3) is 0.0870. The third-order valence-electron chi connectivity index (χ3n) is 4.61. The van der Waals surface area contributed by atoms with Gasteiger partial charge in [0.25, 0.3) is 5.91 Å². The van der Waals surface area contributed by atoms with Crippen molar-refractivity contribution in [1.29, 1.82) is 0 Å². The molecule has 0 radical (unpaired) electrons. The maximum Gasteiger partial charge on any atom is 0.338 e. The highest BCUT2D eigenvalue weighted by molar-refractivity contribution is 7.22. The number of esters is 1. The van der Waals surface area contributed by atoms with E-state index in [4.69, 9.17) is 4.74 Å². The minimum Gasteiger partial charge on any atom is -0.452 e. The lowest BCUT2D eigenvalue weighted by atomic mass is 10.0. The van der Waals surface area contributed by atoms with Crippen LogP contribution < -0.4 is 5.32 Å². The van der Waals surface area contributed by atoms with E-state index in [1.807, 2.05) is 31.2 Å². The molecule has 0 unspecified atom stereocenters. The van der Waals surface area contributed by atoms with Gasteiger partial charge in [0.15, 0.2) is 29.2 Å². The number of fused-ring (bicyclic) bond motifs is 1. The summed E-state index contributed by atoms with van der Waals surface area (Å²) in [6, 6.07) is 15.5. The van der Waals surface area contributed by atoms with Gasteiger partial charge in [-0.05, 0) is 36.2 Å². The van der Waals surface area contributed by atoms with Gasteiger partial charge in [0.2, 0.25) is 0 Å². The first-order valence-electron chi connectivity index (χ1n) is 9.40. The van der Waals surface area contributed by atoms with Gasteiger partial charge in [-0.3, -0.25) is 10.1 Å². The van der Waals surface area contributed by atoms with Crippen molar-refractivity contribution < 1.29 is 27.5 Å². The highest BCUT2D eigenvalue weighted by Crippen LogP contribution is 2.30. The fourth-order valence-corrected chi connectivity index (χ4v) is 3.85. The van der Waals surface area contributed by atoms with Crippen LogP contribution in [0.1, 0.15) is 15.9 Å². The zero-order valence-electron chi connectivity index (χ0n) is 16.6. The van der Waals surface area contributed by atoms with Crippen LogP contribution in [0.4, 0.5) is 18.3 Å². The number of nitrogens with one attached hydrogen (secondary N) is 1. The molecule has 1 amide bonds. The Balaban J connectivity index is 1.36. The molecular formula is C23H15F3N2O3S. The third-order valence-corrected chi connectivity index (χ3v) is 5.53. The molecule has 0 fully saturated rings. The van der Waals surface area contributed by atoms with Gasteiger partial charge in [0, 0.05) is 0 Å². The number of anilines is 1. The van der Waals surface area contributed by atoms with Crippen molar-refractivity contribution in [2.45, 2.75) is 6.92 Å². The summed E-state index contributed by atoms with van der Waals surface area (Å²) in [6.07, 6.45) is 0. The number of aryl methyl sites for hydroxylation is 1. The molecule has 5 nitrogen and oxygen atoms in total. The van der Waals surface area contributed by atoms with Gasteiger partial charge in [-0.25, -0.2) is 22.9 Å². The van der Waals surface area contributed by atoms with E-state index in [-0.39, 0.29) is 15.4 Å². The second kappa shape index (κ2) is 8.80. The van der Waals surface area contributed by atoms with E-state index in [0.29, 0.717) is 0 Å². The van der Waals surface area contributed by atoms with Crippen LogP contribution in [-0.2, 0) is 9.53 Å². The van der Waals surface area contributed by atoms with Crippen molar-refractivity contribution in [3.63, 3.8) is 0 Å². The summed E-state index contributed by atoms with van der Waals surface area (Å²) < 4.78 is 45.4. The molecule has 4 aromatic rings. The molecule has 0 spiro atoms. The molecule has 1 heterocycles. The lowest BCUT2D eigenvalue weighted by molar-refractivity contribution is -0.119. The molecule has 1 N–H and O–H groups in total. The summed E-state index contributed by atoms with van der Waals surface area (Å²) in [6.45, 7) is 1.38. The van der Waals surface area contributed by atoms with E-state index in [9.17, 15) is 22.8 Å². The largest absolute Gasteiger partial charge is 0.452 e. The van der Waals surface area contributed by atoms with Gasteiger partial charge in [-0.15, -0.1) is 0 Å². The molecule has 0 bridgehead atoms. The number of halogens is 3. The lowest BCUT2D eigenvalue weighted by Gasteiger charge is -2.06. The highest BCUT2D eigenvalue weighted by atomic mass is 32.1. The molecular weight excluding hydrogens is 441 g/mol. The van der Waals surface area contributed by atoms with E-state index >= 15 is 0 Å². The van der Waals surface area contributed by atoms with Gasteiger partial charge in [-0.2, -0.15) is 0 Å². The molecule has 4 rings (SSSR count). The minimum absolute atomic E-state index is 0.0300. The highest BCUT2D eigenvalue weighted by Gasteiger charge is 2.19. The Hall–Kier alpha value is -3.72. The summed E-state index contributed by atoms with van der Waals surface area (Å²) in [7, 11) is 0. The van der Waals surface area contributed by atoms with Gasteiger partial charge in [0.05, 0.1) is 10.3 Å². The molecule has 1 aromatic heterocycles. The van der Waals surface area contributed by atoms with Gasteiger partial charge >= 0.3 is 5.97 Å². The predicted octanol–water partition coefficient (Wildman–Crippen LogP) is 5.48. The molecule has 0 aliphatic rings. The lowest BCUT2D eigenvalue weighted by Crippen LogP contribution is -2.20. The topological polar surface area (TPSA) is 68.3 Å². The molecule has 9 heteroatoms. The van der Waals surface area contributed by atoms with Crippen LogP contribution >= 0.6 is 11.3 Å². The second-order valence-corrected chi connectivity index (χ2v) is 7.95. The zero-order valence-corrected chi connectivity index (χ0v) is 17.4. The average Bonchev–Trinajstić information content (AvgIpc) is 3.18. The maximum atomic E-state index is 13.8. The Morgan fingerprint density at radius 3 is 2.25 bits per heavy atom. The van der Waals surface area contributed by atoms with Crippen LogP contribution in [0.3, 0.4) is 0 Å². The van der Waals surface area contributed by atoms with Crippen LogP contribution in [0, 0.1) is 24.4 Å². The summed E-state index contributed by atoms with van der Waals surface area (Å²) in [5.41, 5.74) is 2.94. The van der Waals surface area contributed by atoms with E-state index in [2.05, 4.69) is 10.3 Å². The quantitative estimate of drug-likeness (QED) is 0.319. The van der Waals surface area contributed by atoms with Crippen molar-refractivity contribution >= 4 is 38.6 Å². The summed E-state index contributed by atoms with van der Waals surface area (Å²) >= 11 is 0.763. The van der Waals surface area contributed by atoms with Crippen molar-refractivity contribution in [3.8, 4) is 11.1 Å². The number of carbonyl (C=O) groups is 2. The number of aromatic nitrogens is 1. The Morgan fingerprint density at radius 1 is 0.969 bits per heavy atom. The molecule has 0 saturated carbocycles. The van der Waals surface area contributed by atoms with Crippen molar-refractivity contribution in [2.75, 3.05) is 11.9 Å². The number of ether oxygens (including phenoxy) is 1. The third kappa shape index (κ3) is 4.47. The van der Waals surface area contributed by atoms with Crippen molar-refractivity contribution in [2.24, 2.45) is 0 Å². The number of thiazole rings is 1. The minimum atomic E-state index is -1.64. The Kier molecular flexibility index (Phi) is 5.91. The number of nitrogens with zero attached hydrogens (tertiary/aromatic N) is 1. The summed E-state index contributed by atoms with van der Waals surface area (Å²) in [5, 5.41) is 2.24. The SMILES string of the molecule is Cc1ccc(-c2ccc(C(=O)OCC(=O)Nc3nc4c(F)c(F)c(F)cc4s3)cc2)cc1. The van der Waals surface area contributed by atoms with Gasteiger partial charge in [-0.1, -0.05) is 53.3 Å². The second-order valence-electron chi connectivity index (χ2n) is 6.92. The first-order valence-corrected chi connectivity index (χ1v) is 10.2. The van der Waals surface area contributed by atoms with E-state index < -0.39 is 41.5 Å². The first-order chi connectivity index (χ1) is 15.3. The van der Waals surface area contributed by atoms with Crippen LogP contribution in [0.25, 0.3) is 21.3 Å². The average molecular weight is 456 g/mol. The number of carbonyl (C=O) groups excluding carboxylic acids is 2. The van der Waals surface area contributed by atoms with E-state index in [1.165, 1.54) is 0 Å². The van der Waals surface area contributed by atoms with Crippen molar-refractivity contribution in [3.05, 3.63) is 83.2 Å². The van der Waals surface area contributed by atoms with E-state index in [0.717, 1.165) is 34.1 Å². The molecule has 32 heavy (non-hydrogen) atoms. The van der Waals surface area contributed by atoms with Gasteiger partial charge in [0.1, 0.15) is 5.52 Å². The summed E-state index contributed by atoms with van der Waals surface area (Å²) in [4.78, 5) is 28.0. The molecule has 0 saturated heterocycles. The standard InChI is InChI=1S/C23H15F3N2O3S/c1-12-2-4-13(5-3-12)14-6-8-15(9-7-14)22(30)31-11-18(29)27-23-28-21-17(32-23)10-16(24)19(25)20(21)26/h2-10H,11H2,1H3,(H,27,28,29). The van der Waals surface area contributed by atoms with Crippen LogP contribution in [0.5, 0.6) is 0 Å². The van der Waals surface area contributed by atoms with Crippen LogP contribution in [0.15, 0.2) is 54.6 Å². The molecule has 0 atom stereocenters. The smallest absolute Gasteiger partial charge is 0.338 e. The number of hydrogen-bond donors (Lipinski definition) is 1. The van der Waals surface area contributed by atoms with Crippen LogP contribution in [-0.4, -0.2) is 23.5 Å². The van der Waals surface area contributed by atoms with Gasteiger partial charge < -0.3 is 4.74 Å². The Morgan fingerprint density at radius 2 is 1.59 bits per heavy atom. The first kappa shape index (κ1) is 21.5. The Bertz CT molecular complexity index is 1320.